The molecule has 7 nitrogen and oxygen atoms in total. The topological polar surface area (TPSA) is 69.8 Å². The lowest BCUT2D eigenvalue weighted by Crippen LogP contribution is -2.53. The van der Waals surface area contributed by atoms with E-state index in [1.165, 1.54) is 5.56 Å². The summed E-state index contributed by atoms with van der Waals surface area (Å²) in [6, 6.07) is 14.3. The fraction of sp³-hybridized carbons (Fsp3) is 0.348. The zero-order valence-corrected chi connectivity index (χ0v) is 20.3. The normalized spacial score (nSPS) is 14.3. The molecule has 0 atom stereocenters. The van der Waals surface area contributed by atoms with Crippen LogP contribution in [0.3, 0.4) is 0 Å². The van der Waals surface area contributed by atoms with E-state index in [0.717, 1.165) is 62.2 Å². The third kappa shape index (κ3) is 5.96. The van der Waals surface area contributed by atoms with Crippen molar-refractivity contribution >= 4 is 35.8 Å². The number of aromatic nitrogens is 2. The van der Waals surface area contributed by atoms with E-state index in [1.54, 1.807) is 6.26 Å². The highest BCUT2D eigenvalue weighted by molar-refractivity contribution is 14.0. The molecule has 164 valence electrons. The van der Waals surface area contributed by atoms with Crippen LogP contribution in [-0.2, 0) is 6.42 Å². The van der Waals surface area contributed by atoms with Crippen LogP contribution in [0.4, 0.5) is 5.82 Å². The largest absolute Gasteiger partial charge is 0.444 e. The van der Waals surface area contributed by atoms with Crippen LogP contribution in [0, 0.1) is 6.92 Å². The average molecular weight is 532 g/mol. The maximum Gasteiger partial charge on any atom is 0.226 e. The van der Waals surface area contributed by atoms with Gasteiger partial charge in [-0.3, -0.25) is 4.99 Å². The van der Waals surface area contributed by atoms with Crippen molar-refractivity contribution in [3.05, 3.63) is 66.2 Å². The number of aryl methyl sites for hydroxylation is 1. The molecule has 1 N–H and O–H groups in total. The highest BCUT2D eigenvalue weighted by atomic mass is 127. The Labute approximate surface area is 200 Å². The lowest BCUT2D eigenvalue weighted by atomic mass is 10.1. The van der Waals surface area contributed by atoms with Gasteiger partial charge in [0.25, 0.3) is 0 Å². The molecule has 0 aliphatic carbocycles. The molecule has 8 heteroatoms. The minimum absolute atomic E-state index is 0. The SMILES string of the molecule is CN=C(NCCc1coc(-c2ccc(C)cc2)n1)N1CCN(c2ccccn2)CC1.I. The van der Waals surface area contributed by atoms with E-state index in [2.05, 4.69) is 55.2 Å². The predicted octanol–water partition coefficient (Wildman–Crippen LogP) is 3.60. The first-order valence-corrected chi connectivity index (χ1v) is 10.4. The third-order valence-corrected chi connectivity index (χ3v) is 5.28. The summed E-state index contributed by atoms with van der Waals surface area (Å²) in [6.45, 7) is 6.52. The molecule has 0 spiro atoms. The first kappa shape index (κ1) is 23.1. The molecule has 1 fully saturated rings. The van der Waals surface area contributed by atoms with Gasteiger partial charge in [-0.05, 0) is 31.2 Å². The Kier molecular flexibility index (Phi) is 8.27. The van der Waals surface area contributed by atoms with Gasteiger partial charge in [-0.25, -0.2) is 9.97 Å². The number of nitrogens with zero attached hydrogens (tertiary/aromatic N) is 5. The summed E-state index contributed by atoms with van der Waals surface area (Å²) in [5, 5.41) is 3.46. The van der Waals surface area contributed by atoms with Gasteiger partial charge < -0.3 is 19.5 Å². The first-order valence-electron chi connectivity index (χ1n) is 10.4. The molecule has 0 amide bonds. The summed E-state index contributed by atoms with van der Waals surface area (Å²) >= 11 is 0. The van der Waals surface area contributed by atoms with Crippen molar-refractivity contribution in [2.75, 3.05) is 44.7 Å². The van der Waals surface area contributed by atoms with Gasteiger partial charge in [0, 0.05) is 58.0 Å². The maximum absolute atomic E-state index is 5.65. The number of hydrogen-bond donors (Lipinski definition) is 1. The van der Waals surface area contributed by atoms with Crippen LogP contribution in [0.1, 0.15) is 11.3 Å². The monoisotopic (exact) mass is 532 g/mol. The Morgan fingerprint density at radius 2 is 1.87 bits per heavy atom. The van der Waals surface area contributed by atoms with Crippen LogP contribution in [-0.4, -0.2) is 60.6 Å². The number of nitrogens with one attached hydrogen (secondary N) is 1. The molecule has 0 unspecified atom stereocenters. The zero-order valence-electron chi connectivity index (χ0n) is 18.0. The van der Waals surface area contributed by atoms with Gasteiger partial charge in [0.2, 0.25) is 5.89 Å². The Morgan fingerprint density at radius 3 is 2.55 bits per heavy atom. The molecular formula is C23H29IN6O. The first-order chi connectivity index (χ1) is 14.7. The molecule has 3 heterocycles. The van der Waals surface area contributed by atoms with Crippen LogP contribution in [0.25, 0.3) is 11.5 Å². The van der Waals surface area contributed by atoms with Gasteiger partial charge >= 0.3 is 0 Å². The van der Waals surface area contributed by atoms with Crippen LogP contribution in [0.5, 0.6) is 0 Å². The molecule has 1 aliphatic rings. The van der Waals surface area contributed by atoms with Gasteiger partial charge in [0.1, 0.15) is 12.1 Å². The number of anilines is 1. The van der Waals surface area contributed by atoms with E-state index in [1.807, 2.05) is 37.5 Å². The number of hydrogen-bond acceptors (Lipinski definition) is 5. The number of benzene rings is 1. The highest BCUT2D eigenvalue weighted by Crippen LogP contribution is 2.19. The number of rotatable bonds is 5. The van der Waals surface area contributed by atoms with E-state index >= 15 is 0 Å². The second-order valence-electron chi connectivity index (χ2n) is 7.40. The summed E-state index contributed by atoms with van der Waals surface area (Å²) in [6.07, 6.45) is 4.36. The second-order valence-corrected chi connectivity index (χ2v) is 7.40. The standard InChI is InChI=1S/C23H28N6O.HI/c1-18-6-8-19(9-7-18)22-27-20(17-30-22)10-12-26-23(24-2)29-15-13-28(14-16-29)21-5-3-4-11-25-21;/h3-9,11,17H,10,12-16H2,1-2H3,(H,24,26);1H. The van der Waals surface area contributed by atoms with Crippen molar-refractivity contribution in [1.82, 2.24) is 20.2 Å². The number of piperazine rings is 1. The van der Waals surface area contributed by atoms with E-state index in [0.29, 0.717) is 5.89 Å². The number of halogens is 1. The number of pyridine rings is 1. The fourth-order valence-corrected chi connectivity index (χ4v) is 3.57. The quantitative estimate of drug-likeness (QED) is 0.308. The Morgan fingerprint density at radius 1 is 1.10 bits per heavy atom. The maximum atomic E-state index is 5.65. The molecule has 3 aromatic rings. The predicted molar refractivity (Wildman–Crippen MR) is 135 cm³/mol. The third-order valence-electron chi connectivity index (χ3n) is 5.28. The van der Waals surface area contributed by atoms with Crippen LogP contribution in [0.15, 0.2) is 64.3 Å². The zero-order chi connectivity index (χ0) is 20.8. The number of guanidine groups is 1. The van der Waals surface area contributed by atoms with Crippen molar-refractivity contribution in [1.29, 1.82) is 0 Å². The second kappa shape index (κ2) is 11.1. The molecule has 0 radical (unpaired) electrons. The van der Waals surface area contributed by atoms with E-state index < -0.39 is 0 Å². The smallest absolute Gasteiger partial charge is 0.226 e. The minimum Gasteiger partial charge on any atom is -0.444 e. The van der Waals surface area contributed by atoms with Gasteiger partial charge in [0.15, 0.2) is 5.96 Å². The van der Waals surface area contributed by atoms with Gasteiger partial charge in [-0.2, -0.15) is 0 Å². The van der Waals surface area contributed by atoms with Crippen LogP contribution in [0.2, 0.25) is 0 Å². The Hall–Kier alpha value is -2.62. The van der Waals surface area contributed by atoms with Crippen molar-refractivity contribution in [2.45, 2.75) is 13.3 Å². The lowest BCUT2D eigenvalue weighted by molar-refractivity contribution is 0.371. The lowest BCUT2D eigenvalue weighted by Gasteiger charge is -2.37. The van der Waals surface area contributed by atoms with Crippen molar-refractivity contribution in [2.24, 2.45) is 4.99 Å². The Bertz CT molecular complexity index is 965. The van der Waals surface area contributed by atoms with Crippen LogP contribution < -0.4 is 10.2 Å². The van der Waals surface area contributed by atoms with Gasteiger partial charge in [-0.15, -0.1) is 24.0 Å². The van der Waals surface area contributed by atoms with E-state index in [4.69, 9.17) is 4.42 Å². The van der Waals surface area contributed by atoms with Crippen molar-refractivity contribution in [3.63, 3.8) is 0 Å². The molecule has 4 rings (SSSR count). The van der Waals surface area contributed by atoms with E-state index in [-0.39, 0.29) is 24.0 Å². The van der Waals surface area contributed by atoms with Gasteiger partial charge in [-0.1, -0.05) is 23.8 Å². The van der Waals surface area contributed by atoms with Crippen LogP contribution >= 0.6 is 24.0 Å². The summed E-state index contributed by atoms with van der Waals surface area (Å²) in [5.74, 6) is 2.63. The van der Waals surface area contributed by atoms with Crippen molar-refractivity contribution < 1.29 is 4.42 Å². The summed E-state index contributed by atoms with van der Waals surface area (Å²) in [4.78, 5) is 18.1. The average Bonchev–Trinajstić information content (AvgIpc) is 3.27. The molecule has 31 heavy (non-hydrogen) atoms. The summed E-state index contributed by atoms with van der Waals surface area (Å²) < 4.78 is 5.65. The highest BCUT2D eigenvalue weighted by Gasteiger charge is 2.20. The minimum atomic E-state index is 0. The fourth-order valence-electron chi connectivity index (χ4n) is 3.57. The molecule has 1 aromatic carbocycles. The molecule has 1 aliphatic heterocycles. The Balaban J connectivity index is 0.00000272. The number of oxazole rings is 1. The summed E-state index contributed by atoms with van der Waals surface area (Å²) in [5.41, 5.74) is 3.16. The molecular weight excluding hydrogens is 503 g/mol. The molecule has 0 saturated carbocycles. The van der Waals surface area contributed by atoms with Gasteiger partial charge in [0.05, 0.1) is 5.69 Å². The summed E-state index contributed by atoms with van der Waals surface area (Å²) in [7, 11) is 1.83. The van der Waals surface area contributed by atoms with Crippen molar-refractivity contribution in [3.8, 4) is 11.5 Å². The van der Waals surface area contributed by atoms with E-state index in [9.17, 15) is 0 Å². The molecule has 2 aromatic heterocycles. The molecule has 1 saturated heterocycles. The molecule has 0 bridgehead atoms. The number of aliphatic imine (C=N–C) groups is 1.